The van der Waals surface area contributed by atoms with E-state index in [-0.39, 0.29) is 24.5 Å². The van der Waals surface area contributed by atoms with Crippen LogP contribution in [0.3, 0.4) is 0 Å². The maximum Gasteiger partial charge on any atom is 0.184 e. The molecule has 9 heteroatoms. The van der Waals surface area contributed by atoms with E-state index in [9.17, 15) is 13.6 Å². The Hall–Kier alpha value is -1.94. The molecule has 0 bridgehead atoms. The van der Waals surface area contributed by atoms with Crippen LogP contribution in [-0.2, 0) is 21.5 Å². The summed E-state index contributed by atoms with van der Waals surface area (Å²) in [6, 6.07) is 3.79. The Morgan fingerprint density at radius 3 is 2.81 bits per heavy atom. The van der Waals surface area contributed by atoms with Gasteiger partial charge in [0.05, 0.1) is 16.3 Å². The lowest BCUT2D eigenvalue weighted by molar-refractivity contribution is -0.156. The zero-order chi connectivity index (χ0) is 21.6. The molecule has 0 aliphatic carbocycles. The minimum atomic E-state index is -1.20. The largest absolute Gasteiger partial charge is 0.355 e. The minimum Gasteiger partial charge on any atom is -0.355 e. The van der Waals surface area contributed by atoms with Crippen LogP contribution in [0.25, 0.3) is 0 Å². The molecule has 4 heterocycles. The van der Waals surface area contributed by atoms with Crippen LogP contribution in [0, 0.1) is 11.6 Å². The number of hydrogen-bond acceptors (Lipinski definition) is 7. The molecule has 3 aliphatic heterocycles. The lowest BCUT2D eigenvalue weighted by Crippen LogP contribution is -2.58. The van der Waals surface area contributed by atoms with Gasteiger partial charge >= 0.3 is 0 Å². The van der Waals surface area contributed by atoms with Gasteiger partial charge in [0.2, 0.25) is 0 Å². The van der Waals surface area contributed by atoms with E-state index in [1.54, 1.807) is 17.8 Å². The molecule has 3 aliphatic rings. The number of carbonyl (C=O) groups is 1. The molecule has 2 saturated heterocycles. The summed E-state index contributed by atoms with van der Waals surface area (Å²) < 4.78 is 33.3. The number of fused-ring (bicyclic) bond motifs is 1. The highest BCUT2D eigenvalue weighted by molar-refractivity contribution is 7.99. The molecule has 2 fully saturated rings. The fourth-order valence-electron chi connectivity index (χ4n) is 4.85. The van der Waals surface area contributed by atoms with E-state index in [1.807, 2.05) is 0 Å². The van der Waals surface area contributed by atoms with E-state index in [2.05, 4.69) is 14.9 Å². The molecule has 0 spiro atoms. The summed E-state index contributed by atoms with van der Waals surface area (Å²) in [5.41, 5.74) is 7.63. The highest BCUT2D eigenvalue weighted by Gasteiger charge is 2.47. The summed E-state index contributed by atoms with van der Waals surface area (Å²) in [6.07, 6.45) is 3.83. The van der Waals surface area contributed by atoms with Crippen LogP contribution in [0.5, 0.6) is 0 Å². The van der Waals surface area contributed by atoms with E-state index >= 15 is 0 Å². The average Bonchev–Trinajstić information content (AvgIpc) is 3.25. The monoisotopic (exact) mass is 446 g/mol. The molecular formula is C22H24F2N4O2S. The van der Waals surface area contributed by atoms with Crippen molar-refractivity contribution < 1.29 is 18.3 Å². The van der Waals surface area contributed by atoms with Gasteiger partial charge in [0.15, 0.2) is 5.78 Å². The van der Waals surface area contributed by atoms with Crippen molar-refractivity contribution in [3.05, 3.63) is 53.1 Å². The van der Waals surface area contributed by atoms with Crippen LogP contribution in [0.4, 0.5) is 8.78 Å². The van der Waals surface area contributed by atoms with Gasteiger partial charge in [-0.1, -0.05) is 6.07 Å². The summed E-state index contributed by atoms with van der Waals surface area (Å²) in [5.74, 6) is -0.271. The van der Waals surface area contributed by atoms with E-state index in [0.29, 0.717) is 30.8 Å². The number of benzene rings is 1. The Morgan fingerprint density at radius 2 is 2.03 bits per heavy atom. The molecule has 1 aromatic carbocycles. The number of ether oxygens (including phenoxy) is 1. The van der Waals surface area contributed by atoms with Crippen LogP contribution in [0.2, 0.25) is 0 Å². The third-order valence-corrected chi connectivity index (χ3v) is 7.75. The Morgan fingerprint density at radius 1 is 1.23 bits per heavy atom. The number of aryl methyl sites for hydroxylation is 1. The second kappa shape index (κ2) is 8.20. The number of nitrogens with two attached hydrogens (primary N) is 1. The van der Waals surface area contributed by atoms with Crippen LogP contribution >= 0.6 is 11.8 Å². The van der Waals surface area contributed by atoms with Crippen molar-refractivity contribution in [2.24, 2.45) is 5.73 Å². The molecule has 0 saturated carbocycles. The van der Waals surface area contributed by atoms with Crippen LogP contribution in [0.1, 0.15) is 42.1 Å². The number of likely N-dealkylation sites (tertiary alicyclic amines) is 1. The molecule has 2 N–H and O–H groups in total. The molecular weight excluding hydrogens is 422 g/mol. The minimum absolute atomic E-state index is 0.0336. The zero-order valence-corrected chi connectivity index (χ0v) is 17.8. The summed E-state index contributed by atoms with van der Waals surface area (Å²) in [4.78, 5) is 24.7. The number of aromatic nitrogens is 2. The van der Waals surface area contributed by atoms with E-state index in [1.165, 1.54) is 12.4 Å². The number of rotatable bonds is 3. The van der Waals surface area contributed by atoms with Crippen LogP contribution in [0.15, 0.2) is 29.4 Å². The molecule has 31 heavy (non-hydrogen) atoms. The van der Waals surface area contributed by atoms with Gasteiger partial charge in [-0.25, -0.2) is 18.7 Å². The summed E-state index contributed by atoms with van der Waals surface area (Å²) in [5, 5.41) is 0. The van der Waals surface area contributed by atoms with Gasteiger partial charge < -0.3 is 10.5 Å². The summed E-state index contributed by atoms with van der Waals surface area (Å²) in [6.45, 7) is 1.32. The molecule has 0 radical (unpaired) electrons. The summed E-state index contributed by atoms with van der Waals surface area (Å²) in [7, 11) is 0. The predicted octanol–water partition coefficient (Wildman–Crippen LogP) is 2.75. The Kier molecular flexibility index (Phi) is 5.54. The number of halogens is 2. The molecule has 2 unspecified atom stereocenters. The van der Waals surface area contributed by atoms with Crippen molar-refractivity contribution in [2.75, 3.05) is 25.4 Å². The van der Waals surface area contributed by atoms with E-state index in [4.69, 9.17) is 10.5 Å². The summed E-state index contributed by atoms with van der Waals surface area (Å²) >= 11 is 1.65. The maximum atomic E-state index is 14.2. The lowest BCUT2D eigenvalue weighted by atomic mass is 9.83. The number of carbonyl (C=O) groups excluding carboxylic acids is 1. The first-order valence-corrected chi connectivity index (χ1v) is 11.5. The van der Waals surface area contributed by atoms with E-state index < -0.39 is 17.2 Å². The molecule has 5 rings (SSSR count). The van der Waals surface area contributed by atoms with Gasteiger partial charge in [0.25, 0.3) is 0 Å². The fourth-order valence-corrected chi connectivity index (χ4v) is 6.04. The quantitative estimate of drug-likeness (QED) is 0.776. The predicted molar refractivity (Wildman–Crippen MR) is 112 cm³/mol. The first-order chi connectivity index (χ1) is 15.0. The van der Waals surface area contributed by atoms with Gasteiger partial charge in [-0.15, -0.1) is 11.8 Å². The third kappa shape index (κ3) is 3.77. The number of nitrogens with zero attached hydrogens (tertiary/aromatic N) is 3. The first kappa shape index (κ1) is 20.9. The zero-order valence-electron chi connectivity index (χ0n) is 17.0. The maximum absolute atomic E-state index is 14.2. The van der Waals surface area contributed by atoms with Crippen molar-refractivity contribution >= 4 is 17.5 Å². The highest BCUT2D eigenvalue weighted by Crippen LogP contribution is 2.40. The SMILES string of the molecule is NC1(c2ncnc3c2SCC3)CC(N2CCC(c3ccc(F)cc3F)CC2)OCC1=O. The van der Waals surface area contributed by atoms with Gasteiger partial charge in [-0.2, -0.15) is 0 Å². The molecule has 0 amide bonds. The van der Waals surface area contributed by atoms with Crippen LogP contribution in [-0.4, -0.2) is 52.3 Å². The molecule has 6 nitrogen and oxygen atoms in total. The van der Waals surface area contributed by atoms with Gasteiger partial charge in [-0.05, 0) is 30.4 Å². The highest BCUT2D eigenvalue weighted by atomic mass is 32.2. The number of hydrogen-bond donors (Lipinski definition) is 1. The smallest absolute Gasteiger partial charge is 0.184 e. The molecule has 1 aromatic heterocycles. The second-order valence-electron chi connectivity index (χ2n) is 8.44. The lowest BCUT2D eigenvalue weighted by Gasteiger charge is -2.43. The number of piperidine rings is 1. The van der Waals surface area contributed by atoms with Crippen molar-refractivity contribution in [3.8, 4) is 0 Å². The van der Waals surface area contributed by atoms with Gasteiger partial charge in [0.1, 0.15) is 36.3 Å². The van der Waals surface area contributed by atoms with Crippen molar-refractivity contribution in [3.63, 3.8) is 0 Å². The molecule has 2 atom stereocenters. The van der Waals surface area contributed by atoms with Gasteiger partial charge in [-0.3, -0.25) is 9.69 Å². The van der Waals surface area contributed by atoms with Crippen LogP contribution < -0.4 is 5.73 Å². The van der Waals surface area contributed by atoms with Crippen molar-refractivity contribution in [2.45, 2.75) is 48.3 Å². The number of ketones is 1. The fraction of sp³-hybridized carbons (Fsp3) is 0.500. The Bertz CT molecular complexity index is 1020. The van der Waals surface area contributed by atoms with Crippen molar-refractivity contribution in [1.29, 1.82) is 0 Å². The Labute approximate surface area is 183 Å². The Balaban J connectivity index is 1.31. The average molecular weight is 447 g/mol. The van der Waals surface area contributed by atoms with E-state index in [0.717, 1.165) is 41.7 Å². The standard InChI is InChI=1S/C22H24F2N4O2S/c23-14-1-2-15(16(24)9-14)13-3-6-28(7-4-13)19-10-22(25,18(29)11-30-19)21-20-17(5-8-31-20)26-12-27-21/h1-2,9,12-13,19H,3-8,10-11,25H2. The number of Topliss-reactive ketones (excluding diaryl/α,β-unsaturated/α-hetero) is 1. The first-order valence-electron chi connectivity index (χ1n) is 10.6. The third-order valence-electron chi connectivity index (χ3n) is 6.63. The molecule has 164 valence electrons. The normalized spacial score (nSPS) is 27.5. The second-order valence-corrected chi connectivity index (χ2v) is 9.54. The van der Waals surface area contributed by atoms with Crippen molar-refractivity contribution in [1.82, 2.24) is 14.9 Å². The van der Waals surface area contributed by atoms with Gasteiger partial charge in [0, 0.05) is 37.8 Å². The number of thioether (sulfide) groups is 1. The molecule has 2 aromatic rings. The topological polar surface area (TPSA) is 81.3 Å².